The van der Waals surface area contributed by atoms with Crippen LogP contribution in [-0.4, -0.2) is 33.7 Å². The molecule has 0 radical (unpaired) electrons. The van der Waals surface area contributed by atoms with Gasteiger partial charge in [-0.15, -0.1) is 0 Å². The van der Waals surface area contributed by atoms with Crippen LogP contribution >= 0.6 is 0 Å². The minimum absolute atomic E-state index is 0.0477. The number of halogens is 2. The normalized spacial score (nSPS) is 11.9. The summed E-state index contributed by atoms with van der Waals surface area (Å²) < 4.78 is 28.4. The number of hydrogen-bond acceptors (Lipinski definition) is 4. The molecule has 1 atom stereocenters. The van der Waals surface area contributed by atoms with Crippen molar-refractivity contribution in [2.75, 3.05) is 18.4 Å². The van der Waals surface area contributed by atoms with E-state index in [9.17, 15) is 18.7 Å². The summed E-state index contributed by atoms with van der Waals surface area (Å²) in [6, 6.07) is 20.9. The number of benzene rings is 3. The summed E-state index contributed by atoms with van der Waals surface area (Å²) >= 11 is 0. The Labute approximate surface area is 208 Å². The first-order chi connectivity index (χ1) is 17.5. The van der Waals surface area contributed by atoms with Crippen LogP contribution in [0.4, 0.5) is 14.5 Å². The molecule has 36 heavy (non-hydrogen) atoms. The van der Waals surface area contributed by atoms with Crippen molar-refractivity contribution < 1.29 is 18.7 Å². The summed E-state index contributed by atoms with van der Waals surface area (Å²) in [4.78, 5) is 16.8. The predicted octanol–water partition coefficient (Wildman–Crippen LogP) is 4.26. The van der Waals surface area contributed by atoms with E-state index in [0.717, 1.165) is 36.2 Å². The molecule has 186 valence electrons. The maximum Gasteiger partial charge on any atom is 0.231 e. The highest BCUT2D eigenvalue weighted by molar-refractivity contribution is 5.91. The Bertz CT molecular complexity index is 1280. The van der Waals surface area contributed by atoms with Crippen LogP contribution in [0.25, 0.3) is 0 Å². The first-order valence-electron chi connectivity index (χ1n) is 11.7. The number of amides is 1. The number of hydrogen-bond donors (Lipinski definition) is 3. The Morgan fingerprint density at radius 2 is 1.72 bits per heavy atom. The average Bonchev–Trinajstić information content (AvgIpc) is 3.31. The molecule has 4 rings (SSSR count). The SMILES string of the molecule is O=C(Cc1nccn1Cc1ccc(F)c(F)c1)Nc1ccc(CCNC[C@H](O)c2ccccc2)cc1. The molecule has 4 aromatic rings. The number of carbonyl (C=O) groups is 1. The molecule has 8 heteroatoms. The van der Waals surface area contributed by atoms with E-state index in [1.165, 1.54) is 6.07 Å². The largest absolute Gasteiger partial charge is 0.387 e. The number of anilines is 1. The van der Waals surface area contributed by atoms with Gasteiger partial charge in [0.25, 0.3) is 0 Å². The molecule has 1 heterocycles. The Morgan fingerprint density at radius 1 is 0.972 bits per heavy atom. The second kappa shape index (κ2) is 12.2. The molecule has 6 nitrogen and oxygen atoms in total. The Kier molecular flexibility index (Phi) is 8.54. The standard InChI is InChI=1S/C28H28F2N4O2/c29-24-11-8-21(16-25(24)30)19-34-15-14-32-27(34)17-28(36)33-23-9-6-20(7-10-23)12-13-31-18-26(35)22-4-2-1-3-5-22/h1-11,14-16,26,31,35H,12-13,17-19H2,(H,33,36)/t26-/m0/s1. The van der Waals surface area contributed by atoms with Gasteiger partial charge in [-0.05, 0) is 53.9 Å². The monoisotopic (exact) mass is 490 g/mol. The first-order valence-corrected chi connectivity index (χ1v) is 11.7. The van der Waals surface area contributed by atoms with Crippen molar-refractivity contribution in [3.63, 3.8) is 0 Å². The molecule has 0 unspecified atom stereocenters. The van der Waals surface area contributed by atoms with Gasteiger partial charge < -0.3 is 20.3 Å². The van der Waals surface area contributed by atoms with Crippen molar-refractivity contribution in [3.8, 4) is 0 Å². The number of rotatable bonds is 11. The lowest BCUT2D eigenvalue weighted by molar-refractivity contribution is -0.115. The number of imidazole rings is 1. The van der Waals surface area contributed by atoms with Crippen LogP contribution in [0.2, 0.25) is 0 Å². The van der Waals surface area contributed by atoms with Gasteiger partial charge in [-0.25, -0.2) is 13.8 Å². The summed E-state index contributed by atoms with van der Waals surface area (Å²) in [6.45, 7) is 1.48. The molecule has 3 aromatic carbocycles. The molecule has 1 aromatic heterocycles. The fourth-order valence-electron chi connectivity index (χ4n) is 3.85. The van der Waals surface area contributed by atoms with Crippen LogP contribution < -0.4 is 10.6 Å². The Balaban J connectivity index is 1.22. The van der Waals surface area contributed by atoms with Crippen LogP contribution in [0.15, 0.2) is 85.2 Å². The number of nitrogens with zero attached hydrogens (tertiary/aromatic N) is 2. The molecular formula is C28H28F2N4O2. The van der Waals surface area contributed by atoms with E-state index in [1.807, 2.05) is 54.6 Å². The Morgan fingerprint density at radius 3 is 2.47 bits per heavy atom. The van der Waals surface area contributed by atoms with E-state index in [4.69, 9.17) is 0 Å². The van der Waals surface area contributed by atoms with Gasteiger partial charge in [-0.1, -0.05) is 48.5 Å². The average molecular weight is 491 g/mol. The summed E-state index contributed by atoms with van der Waals surface area (Å²) in [7, 11) is 0. The topological polar surface area (TPSA) is 79.2 Å². The minimum atomic E-state index is -0.907. The van der Waals surface area contributed by atoms with E-state index >= 15 is 0 Å². The smallest absolute Gasteiger partial charge is 0.231 e. The lowest BCUT2D eigenvalue weighted by Gasteiger charge is -2.12. The van der Waals surface area contributed by atoms with E-state index in [1.54, 1.807) is 17.0 Å². The van der Waals surface area contributed by atoms with Crippen molar-refractivity contribution in [2.24, 2.45) is 0 Å². The summed E-state index contributed by atoms with van der Waals surface area (Å²) in [5, 5.41) is 16.3. The number of carbonyl (C=O) groups excluding carboxylic acids is 1. The Hall–Kier alpha value is -3.88. The molecule has 0 bridgehead atoms. The molecule has 1 amide bonds. The van der Waals surface area contributed by atoms with Gasteiger partial charge in [0, 0.05) is 31.2 Å². The van der Waals surface area contributed by atoms with Crippen LogP contribution in [0, 0.1) is 11.6 Å². The van der Waals surface area contributed by atoms with Crippen LogP contribution in [0.5, 0.6) is 0 Å². The lowest BCUT2D eigenvalue weighted by Crippen LogP contribution is -2.23. The first kappa shape index (κ1) is 25.2. The summed E-state index contributed by atoms with van der Waals surface area (Å²) in [5.74, 6) is -1.50. The zero-order valence-electron chi connectivity index (χ0n) is 19.7. The van der Waals surface area contributed by atoms with Gasteiger partial charge in [-0.2, -0.15) is 0 Å². The highest BCUT2D eigenvalue weighted by atomic mass is 19.2. The van der Waals surface area contributed by atoms with Gasteiger partial charge in [0.1, 0.15) is 5.82 Å². The summed E-state index contributed by atoms with van der Waals surface area (Å²) in [5.41, 5.74) is 3.25. The van der Waals surface area contributed by atoms with Crippen molar-refractivity contribution in [1.82, 2.24) is 14.9 Å². The third-order valence-electron chi connectivity index (χ3n) is 5.81. The molecule has 0 spiro atoms. The molecule has 0 aliphatic rings. The molecule has 0 saturated carbocycles. The molecule has 0 saturated heterocycles. The second-order valence-electron chi connectivity index (χ2n) is 8.52. The van der Waals surface area contributed by atoms with Crippen molar-refractivity contribution in [1.29, 1.82) is 0 Å². The zero-order valence-corrected chi connectivity index (χ0v) is 19.7. The van der Waals surface area contributed by atoms with Gasteiger partial charge in [-0.3, -0.25) is 4.79 Å². The molecule has 0 fully saturated rings. The van der Waals surface area contributed by atoms with Crippen LogP contribution in [-0.2, 0) is 24.2 Å². The minimum Gasteiger partial charge on any atom is -0.387 e. The molecular weight excluding hydrogens is 462 g/mol. The third kappa shape index (κ3) is 7.07. The summed E-state index contributed by atoms with van der Waals surface area (Å²) in [6.07, 6.45) is 3.56. The van der Waals surface area contributed by atoms with E-state index < -0.39 is 17.7 Å². The van der Waals surface area contributed by atoms with Gasteiger partial charge in [0.05, 0.1) is 12.5 Å². The van der Waals surface area contributed by atoms with Crippen molar-refractivity contribution >= 4 is 11.6 Å². The molecule has 0 aliphatic carbocycles. The van der Waals surface area contributed by atoms with Crippen molar-refractivity contribution in [2.45, 2.75) is 25.5 Å². The van der Waals surface area contributed by atoms with E-state index in [0.29, 0.717) is 23.6 Å². The van der Waals surface area contributed by atoms with Crippen molar-refractivity contribution in [3.05, 3.63) is 119 Å². The molecule has 3 N–H and O–H groups in total. The highest BCUT2D eigenvalue weighted by Gasteiger charge is 2.11. The number of aliphatic hydroxyl groups is 1. The van der Waals surface area contributed by atoms with Crippen LogP contribution in [0.3, 0.4) is 0 Å². The zero-order chi connectivity index (χ0) is 25.3. The number of aromatic nitrogens is 2. The third-order valence-corrected chi connectivity index (χ3v) is 5.81. The van der Waals surface area contributed by atoms with Gasteiger partial charge in [0.15, 0.2) is 11.6 Å². The number of nitrogens with one attached hydrogen (secondary N) is 2. The maximum absolute atomic E-state index is 13.5. The fourth-order valence-corrected chi connectivity index (χ4v) is 3.85. The van der Waals surface area contributed by atoms with E-state index in [-0.39, 0.29) is 18.9 Å². The van der Waals surface area contributed by atoms with E-state index in [2.05, 4.69) is 15.6 Å². The molecule has 0 aliphatic heterocycles. The maximum atomic E-state index is 13.5. The lowest BCUT2D eigenvalue weighted by atomic mass is 10.1. The number of aliphatic hydroxyl groups excluding tert-OH is 1. The predicted molar refractivity (Wildman–Crippen MR) is 134 cm³/mol. The highest BCUT2D eigenvalue weighted by Crippen LogP contribution is 2.14. The van der Waals surface area contributed by atoms with Crippen LogP contribution in [0.1, 0.15) is 28.6 Å². The quantitative estimate of drug-likeness (QED) is 0.275. The fraction of sp³-hybridized carbons (Fsp3) is 0.214. The van der Waals surface area contributed by atoms with Gasteiger partial charge in [0.2, 0.25) is 5.91 Å². The van der Waals surface area contributed by atoms with Gasteiger partial charge >= 0.3 is 0 Å². The second-order valence-corrected chi connectivity index (χ2v) is 8.52.